The summed E-state index contributed by atoms with van der Waals surface area (Å²) in [6.45, 7) is 5.35. The quantitative estimate of drug-likeness (QED) is 0.461. The van der Waals surface area contributed by atoms with Gasteiger partial charge in [0.25, 0.3) is 0 Å². The predicted octanol–water partition coefficient (Wildman–Crippen LogP) is -0.749. The number of carbonyl (C=O) groups is 2. The van der Waals surface area contributed by atoms with Crippen LogP contribution in [0.15, 0.2) is 12.7 Å². The van der Waals surface area contributed by atoms with Crippen LogP contribution >= 0.6 is 0 Å². The molecule has 1 saturated heterocycles. The zero-order chi connectivity index (χ0) is 13.4. The third-order valence-corrected chi connectivity index (χ3v) is 2.67. The van der Waals surface area contributed by atoms with Gasteiger partial charge in [-0.15, -0.1) is 0 Å². The zero-order valence-electron chi connectivity index (χ0n) is 10.6. The Labute approximate surface area is 107 Å². The van der Waals surface area contributed by atoms with E-state index < -0.39 is 18.1 Å². The summed E-state index contributed by atoms with van der Waals surface area (Å²) in [5, 5.41) is 5.90. The van der Waals surface area contributed by atoms with Crippen LogP contribution in [0.1, 0.15) is 6.42 Å². The Balaban J connectivity index is 2.45. The second-order valence-electron chi connectivity index (χ2n) is 3.98. The molecule has 2 unspecified atom stereocenters. The van der Waals surface area contributed by atoms with E-state index in [-0.39, 0.29) is 18.8 Å². The molecule has 6 nitrogen and oxygen atoms in total. The number of carbonyl (C=O) groups excluding carboxylic acids is 2. The van der Waals surface area contributed by atoms with Crippen molar-refractivity contribution in [2.45, 2.75) is 18.6 Å². The van der Waals surface area contributed by atoms with Crippen LogP contribution in [0.5, 0.6) is 0 Å². The summed E-state index contributed by atoms with van der Waals surface area (Å²) in [4.78, 5) is 23.5. The molecular weight excluding hydrogens is 236 g/mol. The van der Waals surface area contributed by atoms with Gasteiger partial charge in [0.05, 0.1) is 19.1 Å². The number of likely N-dealkylation sites (N-methyl/N-ethyl adjacent to an activating group) is 1. The maximum atomic E-state index is 12.1. The molecule has 2 atom stereocenters. The number of rotatable bonds is 7. The Morgan fingerprint density at radius 3 is 3.00 bits per heavy atom. The van der Waals surface area contributed by atoms with Gasteiger partial charge in [0.2, 0.25) is 0 Å². The number of morpholine rings is 1. The molecule has 1 aliphatic heterocycles. The number of ether oxygens (including phenoxy) is 2. The van der Waals surface area contributed by atoms with Crippen LogP contribution in [0.4, 0.5) is 0 Å². The smallest absolute Gasteiger partial charge is 0.308 e. The van der Waals surface area contributed by atoms with Crippen molar-refractivity contribution in [1.82, 2.24) is 10.6 Å². The summed E-state index contributed by atoms with van der Waals surface area (Å²) >= 11 is 0. The van der Waals surface area contributed by atoms with Crippen molar-refractivity contribution in [2.75, 3.05) is 33.4 Å². The lowest BCUT2D eigenvalue weighted by Gasteiger charge is -2.25. The molecule has 2 N–H and O–H groups in total. The predicted molar refractivity (Wildman–Crippen MR) is 66.2 cm³/mol. The van der Waals surface area contributed by atoms with Crippen molar-refractivity contribution < 1.29 is 19.1 Å². The SMILES string of the molecule is C=CCOC(=O)CC(NC)C(=O)C1CNCCO1. The number of nitrogens with one attached hydrogen (secondary N) is 2. The highest BCUT2D eigenvalue weighted by atomic mass is 16.5. The summed E-state index contributed by atoms with van der Waals surface area (Å²) in [5.41, 5.74) is 0. The summed E-state index contributed by atoms with van der Waals surface area (Å²) in [6, 6.07) is -0.577. The van der Waals surface area contributed by atoms with Crippen LogP contribution in [0.2, 0.25) is 0 Å². The molecule has 0 aliphatic carbocycles. The van der Waals surface area contributed by atoms with Crippen molar-refractivity contribution in [3.05, 3.63) is 12.7 Å². The highest BCUT2D eigenvalue weighted by Gasteiger charge is 2.29. The lowest BCUT2D eigenvalue weighted by molar-refractivity contribution is -0.146. The summed E-state index contributed by atoms with van der Waals surface area (Å²) in [7, 11) is 1.64. The van der Waals surface area contributed by atoms with E-state index in [2.05, 4.69) is 17.2 Å². The Morgan fingerprint density at radius 1 is 1.67 bits per heavy atom. The number of ketones is 1. The van der Waals surface area contributed by atoms with E-state index in [4.69, 9.17) is 9.47 Å². The van der Waals surface area contributed by atoms with Gasteiger partial charge >= 0.3 is 5.97 Å². The average Bonchev–Trinajstić information content (AvgIpc) is 2.42. The third kappa shape index (κ3) is 4.56. The van der Waals surface area contributed by atoms with Gasteiger partial charge < -0.3 is 20.1 Å². The van der Waals surface area contributed by atoms with E-state index >= 15 is 0 Å². The van der Waals surface area contributed by atoms with Gasteiger partial charge in [0.15, 0.2) is 5.78 Å². The van der Waals surface area contributed by atoms with Crippen LogP contribution in [0.3, 0.4) is 0 Å². The minimum Gasteiger partial charge on any atom is -0.461 e. The van der Waals surface area contributed by atoms with Gasteiger partial charge in [0, 0.05) is 13.1 Å². The fraction of sp³-hybridized carbons (Fsp3) is 0.667. The molecule has 6 heteroatoms. The molecule has 0 aromatic carbocycles. The first-order chi connectivity index (χ1) is 8.69. The van der Waals surface area contributed by atoms with E-state index in [1.54, 1.807) is 7.05 Å². The number of hydrogen-bond donors (Lipinski definition) is 2. The van der Waals surface area contributed by atoms with Crippen molar-refractivity contribution in [2.24, 2.45) is 0 Å². The first-order valence-corrected chi connectivity index (χ1v) is 5.99. The Bertz CT molecular complexity index is 300. The third-order valence-electron chi connectivity index (χ3n) is 2.67. The van der Waals surface area contributed by atoms with Crippen molar-refractivity contribution in [1.29, 1.82) is 0 Å². The van der Waals surface area contributed by atoms with E-state index in [9.17, 15) is 9.59 Å². The van der Waals surface area contributed by atoms with Crippen LogP contribution in [-0.4, -0.2) is 57.2 Å². The highest BCUT2D eigenvalue weighted by Crippen LogP contribution is 2.05. The largest absolute Gasteiger partial charge is 0.461 e. The first kappa shape index (κ1) is 14.8. The number of Topliss-reactive ketones (excluding diaryl/α,β-unsaturated/α-hetero) is 1. The summed E-state index contributed by atoms with van der Waals surface area (Å²) < 4.78 is 10.2. The minimum atomic E-state index is -0.577. The molecule has 1 heterocycles. The Kier molecular flexibility index (Phi) is 6.56. The molecule has 0 saturated carbocycles. The Morgan fingerprint density at radius 2 is 2.44 bits per heavy atom. The molecule has 0 spiro atoms. The Hall–Kier alpha value is -1.24. The molecule has 1 rings (SSSR count). The minimum absolute atomic E-state index is 0.00301. The van der Waals surface area contributed by atoms with E-state index in [0.717, 1.165) is 6.54 Å². The van der Waals surface area contributed by atoms with Crippen LogP contribution in [0.25, 0.3) is 0 Å². The van der Waals surface area contributed by atoms with Crippen LogP contribution in [0, 0.1) is 0 Å². The molecule has 18 heavy (non-hydrogen) atoms. The van der Waals surface area contributed by atoms with Crippen molar-refractivity contribution in [3.63, 3.8) is 0 Å². The second kappa shape index (κ2) is 7.97. The monoisotopic (exact) mass is 256 g/mol. The molecule has 1 fully saturated rings. The first-order valence-electron chi connectivity index (χ1n) is 5.99. The van der Waals surface area contributed by atoms with E-state index in [0.29, 0.717) is 13.2 Å². The van der Waals surface area contributed by atoms with Gasteiger partial charge in [-0.05, 0) is 7.05 Å². The summed E-state index contributed by atoms with van der Waals surface area (Å²) in [6.07, 6.45) is 0.995. The van der Waals surface area contributed by atoms with Crippen LogP contribution < -0.4 is 10.6 Å². The molecule has 102 valence electrons. The molecule has 0 amide bonds. The van der Waals surface area contributed by atoms with Gasteiger partial charge in [-0.3, -0.25) is 9.59 Å². The average molecular weight is 256 g/mol. The fourth-order valence-corrected chi connectivity index (χ4v) is 1.69. The second-order valence-corrected chi connectivity index (χ2v) is 3.98. The van der Waals surface area contributed by atoms with Gasteiger partial charge in [-0.1, -0.05) is 12.7 Å². The van der Waals surface area contributed by atoms with E-state index in [1.807, 2.05) is 0 Å². The molecule has 0 aromatic rings. The van der Waals surface area contributed by atoms with E-state index in [1.165, 1.54) is 6.08 Å². The maximum absolute atomic E-state index is 12.1. The standard InChI is InChI=1S/C12H20N2O4/c1-3-5-18-11(15)7-9(13-2)12(16)10-8-14-4-6-17-10/h3,9-10,13-14H,1,4-8H2,2H3. The van der Waals surface area contributed by atoms with Gasteiger partial charge in [-0.2, -0.15) is 0 Å². The normalized spacial score (nSPS) is 21.1. The summed E-state index contributed by atoms with van der Waals surface area (Å²) in [5.74, 6) is -0.549. The fourth-order valence-electron chi connectivity index (χ4n) is 1.69. The van der Waals surface area contributed by atoms with Crippen molar-refractivity contribution >= 4 is 11.8 Å². The van der Waals surface area contributed by atoms with Gasteiger partial charge in [-0.25, -0.2) is 0 Å². The lowest BCUT2D eigenvalue weighted by atomic mass is 10.0. The highest BCUT2D eigenvalue weighted by molar-refractivity contribution is 5.91. The zero-order valence-corrected chi connectivity index (χ0v) is 10.6. The van der Waals surface area contributed by atoms with Crippen LogP contribution in [-0.2, 0) is 19.1 Å². The maximum Gasteiger partial charge on any atom is 0.308 e. The lowest BCUT2D eigenvalue weighted by Crippen LogP contribution is -2.50. The van der Waals surface area contributed by atoms with Gasteiger partial charge in [0.1, 0.15) is 12.7 Å². The molecule has 0 aromatic heterocycles. The molecule has 0 radical (unpaired) electrons. The van der Waals surface area contributed by atoms with Crippen molar-refractivity contribution in [3.8, 4) is 0 Å². The molecule has 1 aliphatic rings. The number of esters is 1. The number of hydrogen-bond acceptors (Lipinski definition) is 6. The molecule has 0 bridgehead atoms. The molecular formula is C12H20N2O4. The topological polar surface area (TPSA) is 76.7 Å².